The van der Waals surface area contributed by atoms with Crippen molar-refractivity contribution in [2.45, 2.75) is 51.6 Å². The highest BCUT2D eigenvalue weighted by atomic mass is 32.1. The standard InChI is InChI=1S/C38H37P2/c1-29-15-12-13-23-36(29)38-30(2)16-14-24-37(38)40(34-21-10-5-11-22-34)39(33-19-8-4-9-20-33)35-27-25-32(26-28-35)31-17-6-3-7-18-31/h3-4,6-9,12-20,24-28,34H,5,10-11,21-22H2,1-2H3/t39-,40-/m0/s1. The third kappa shape index (κ3) is 5.72. The zero-order chi connectivity index (χ0) is 27.3. The lowest BCUT2D eigenvalue weighted by Crippen LogP contribution is -2.24. The molecule has 5 aromatic rings. The molecule has 2 heteroatoms. The van der Waals surface area contributed by atoms with E-state index in [0.29, 0.717) is 0 Å². The fourth-order valence-electron chi connectivity index (χ4n) is 6.14. The summed E-state index contributed by atoms with van der Waals surface area (Å²) < 4.78 is 0. The van der Waals surface area contributed by atoms with Gasteiger partial charge < -0.3 is 0 Å². The average molecular weight is 556 g/mol. The van der Waals surface area contributed by atoms with Gasteiger partial charge in [-0.15, -0.1) is 0 Å². The first-order valence-electron chi connectivity index (χ1n) is 14.6. The summed E-state index contributed by atoms with van der Waals surface area (Å²) in [6, 6.07) is 49.0. The van der Waals surface area contributed by atoms with Gasteiger partial charge in [0.25, 0.3) is 0 Å². The van der Waals surface area contributed by atoms with Crippen molar-refractivity contribution < 1.29 is 0 Å². The van der Waals surface area contributed by atoms with Gasteiger partial charge in [-0.2, -0.15) is 0 Å². The average Bonchev–Trinajstić information content (AvgIpc) is 3.02. The fourth-order valence-corrected chi connectivity index (χ4v) is 15.5. The third-order valence-corrected chi connectivity index (χ3v) is 16.6. The third-order valence-electron chi connectivity index (χ3n) is 8.17. The maximum absolute atomic E-state index is 3.65. The van der Waals surface area contributed by atoms with Gasteiger partial charge in [-0.3, -0.25) is 0 Å². The normalized spacial score (nSPS) is 15.4. The first-order chi connectivity index (χ1) is 19.7. The van der Waals surface area contributed by atoms with Crippen molar-refractivity contribution in [2.24, 2.45) is 0 Å². The van der Waals surface area contributed by atoms with Crippen LogP contribution in [-0.2, 0) is 0 Å². The molecule has 40 heavy (non-hydrogen) atoms. The van der Waals surface area contributed by atoms with Crippen LogP contribution in [0.5, 0.6) is 0 Å². The zero-order valence-electron chi connectivity index (χ0n) is 23.6. The zero-order valence-corrected chi connectivity index (χ0v) is 25.3. The van der Waals surface area contributed by atoms with Crippen LogP contribution in [0.4, 0.5) is 0 Å². The molecule has 1 saturated carbocycles. The van der Waals surface area contributed by atoms with Crippen LogP contribution in [0, 0.1) is 19.9 Å². The van der Waals surface area contributed by atoms with Crippen LogP contribution in [0.25, 0.3) is 22.3 Å². The van der Waals surface area contributed by atoms with Gasteiger partial charge in [0.15, 0.2) is 0 Å². The smallest absolute Gasteiger partial charge is 0.00649 e. The predicted molar refractivity (Wildman–Crippen MR) is 178 cm³/mol. The van der Waals surface area contributed by atoms with Crippen molar-refractivity contribution in [1.82, 2.24) is 0 Å². The molecule has 199 valence electrons. The highest BCUT2D eigenvalue weighted by Crippen LogP contribution is 2.72. The van der Waals surface area contributed by atoms with Gasteiger partial charge >= 0.3 is 0 Å². The Hall–Kier alpha value is -3.04. The fraction of sp³-hybridized carbons (Fsp3) is 0.211. The molecule has 5 aromatic carbocycles. The molecule has 1 radical (unpaired) electrons. The van der Waals surface area contributed by atoms with Gasteiger partial charge in [-0.25, -0.2) is 0 Å². The Labute approximate surface area is 242 Å². The monoisotopic (exact) mass is 555 g/mol. The summed E-state index contributed by atoms with van der Waals surface area (Å²) in [6.07, 6.45) is 6.76. The molecular weight excluding hydrogens is 518 g/mol. The first kappa shape index (κ1) is 27.1. The Kier molecular flexibility index (Phi) is 8.58. The first-order valence-corrected chi connectivity index (χ1v) is 18.0. The lowest BCUT2D eigenvalue weighted by atomic mass is 9.97. The molecule has 0 N–H and O–H groups in total. The Morgan fingerprint density at radius 2 is 1.20 bits per heavy atom. The van der Waals surface area contributed by atoms with Crippen LogP contribution in [0.15, 0.2) is 121 Å². The molecule has 2 atom stereocenters. The molecule has 6 rings (SSSR count). The van der Waals surface area contributed by atoms with Crippen molar-refractivity contribution >= 4 is 31.1 Å². The number of hydrogen-bond donors (Lipinski definition) is 0. The molecule has 1 aliphatic rings. The SMILES string of the molecule is Cc1ccc[c]c1-c1c(C)cccc1[P@](C1CCCCC1)[P@@](c1ccccc1)c1ccc(-c2ccccc2)cc1. The van der Waals surface area contributed by atoms with Crippen LogP contribution >= 0.6 is 15.2 Å². The summed E-state index contributed by atoms with van der Waals surface area (Å²) in [7, 11) is -1.05. The summed E-state index contributed by atoms with van der Waals surface area (Å²) in [6.45, 7) is 4.54. The van der Waals surface area contributed by atoms with E-state index in [9.17, 15) is 0 Å². The van der Waals surface area contributed by atoms with Crippen molar-refractivity contribution in [3.8, 4) is 22.3 Å². The van der Waals surface area contributed by atoms with E-state index in [0.717, 1.165) is 5.66 Å². The van der Waals surface area contributed by atoms with E-state index in [1.165, 1.54) is 76.1 Å². The molecule has 0 saturated heterocycles. The van der Waals surface area contributed by atoms with Crippen LogP contribution in [0.1, 0.15) is 43.2 Å². The summed E-state index contributed by atoms with van der Waals surface area (Å²) >= 11 is 0. The van der Waals surface area contributed by atoms with Crippen molar-refractivity contribution in [2.75, 3.05) is 0 Å². The van der Waals surface area contributed by atoms with Crippen molar-refractivity contribution in [3.63, 3.8) is 0 Å². The van der Waals surface area contributed by atoms with E-state index in [4.69, 9.17) is 0 Å². The Balaban J connectivity index is 1.55. The van der Waals surface area contributed by atoms with Crippen molar-refractivity contribution in [3.05, 3.63) is 139 Å². The van der Waals surface area contributed by atoms with Crippen LogP contribution in [0.3, 0.4) is 0 Å². The molecule has 0 unspecified atom stereocenters. The molecule has 1 aliphatic carbocycles. The van der Waals surface area contributed by atoms with E-state index in [2.05, 4.69) is 141 Å². The summed E-state index contributed by atoms with van der Waals surface area (Å²) in [5.74, 6) is 0. The second-order valence-electron chi connectivity index (χ2n) is 10.9. The van der Waals surface area contributed by atoms with Crippen LogP contribution < -0.4 is 15.9 Å². The Morgan fingerprint density at radius 1 is 0.575 bits per heavy atom. The number of aryl methyl sites for hydroxylation is 2. The lowest BCUT2D eigenvalue weighted by Gasteiger charge is -2.39. The van der Waals surface area contributed by atoms with Gasteiger partial charge in [0, 0.05) is 0 Å². The molecule has 0 spiro atoms. The van der Waals surface area contributed by atoms with E-state index >= 15 is 0 Å². The van der Waals surface area contributed by atoms with Crippen LogP contribution in [-0.4, -0.2) is 5.66 Å². The highest BCUT2D eigenvalue weighted by Gasteiger charge is 2.35. The second-order valence-corrected chi connectivity index (χ2v) is 16.9. The minimum absolute atomic E-state index is 0.482. The van der Waals surface area contributed by atoms with E-state index in [1.54, 1.807) is 5.30 Å². The molecule has 0 amide bonds. The summed E-state index contributed by atoms with van der Waals surface area (Å²) in [4.78, 5) is 0. The molecule has 0 aliphatic heterocycles. The van der Waals surface area contributed by atoms with Crippen LogP contribution in [0.2, 0.25) is 0 Å². The Bertz CT molecular complexity index is 1530. The van der Waals surface area contributed by atoms with Crippen molar-refractivity contribution in [1.29, 1.82) is 0 Å². The summed E-state index contributed by atoms with van der Waals surface area (Å²) in [5.41, 5.74) is 8.70. The van der Waals surface area contributed by atoms with E-state index in [-0.39, 0.29) is 0 Å². The van der Waals surface area contributed by atoms with Gasteiger partial charge in [0.05, 0.1) is 0 Å². The topological polar surface area (TPSA) is 0 Å². The highest BCUT2D eigenvalue weighted by molar-refractivity contribution is 8.39. The minimum atomic E-state index is -0.572. The van der Waals surface area contributed by atoms with E-state index in [1.807, 2.05) is 0 Å². The largest absolute Gasteiger partial charge is 0.0622 e. The maximum Gasteiger partial charge on any atom is -0.00649 e. The molecule has 1 fully saturated rings. The Morgan fingerprint density at radius 3 is 1.90 bits per heavy atom. The molecule has 0 heterocycles. The number of rotatable bonds is 7. The molecule has 0 bridgehead atoms. The van der Waals surface area contributed by atoms with Gasteiger partial charge in [-0.1, -0.05) is 141 Å². The lowest BCUT2D eigenvalue weighted by molar-refractivity contribution is 0.514. The number of hydrogen-bond acceptors (Lipinski definition) is 0. The molecule has 0 nitrogen and oxygen atoms in total. The van der Waals surface area contributed by atoms with Gasteiger partial charge in [0.2, 0.25) is 0 Å². The quantitative estimate of drug-likeness (QED) is 0.175. The van der Waals surface area contributed by atoms with Gasteiger partial charge in [-0.05, 0) is 103 Å². The summed E-state index contributed by atoms with van der Waals surface area (Å²) in [5, 5.41) is 4.58. The van der Waals surface area contributed by atoms with E-state index < -0.39 is 15.2 Å². The molecule has 0 aromatic heterocycles. The minimum Gasteiger partial charge on any atom is -0.0622 e. The van der Waals surface area contributed by atoms with Gasteiger partial charge in [0.1, 0.15) is 0 Å². The molecular formula is C38H37P2. The maximum atomic E-state index is 3.65. The second kappa shape index (κ2) is 12.6. The number of benzene rings is 5. The predicted octanol–water partition coefficient (Wildman–Crippen LogP) is 9.93.